The standard InChI is InChI=1S/C24H34N2O4/c1-5-7-14-25(3)24(28)20-12-15-26(16-13-20)23(27)11-9-19-8-10-21(30-17-6-2)22(18-19)29-4/h6,8-11,18,20H,2,5,7,12-17H2,1,3-4H3/b11-9+. The van der Waals surface area contributed by atoms with E-state index >= 15 is 0 Å². The van der Waals surface area contributed by atoms with Gasteiger partial charge in [0.1, 0.15) is 6.61 Å². The Morgan fingerprint density at radius 1 is 1.27 bits per heavy atom. The van der Waals surface area contributed by atoms with Gasteiger partial charge in [0.15, 0.2) is 11.5 Å². The number of carbonyl (C=O) groups excluding carboxylic acids is 2. The van der Waals surface area contributed by atoms with Crippen LogP contribution in [0.25, 0.3) is 6.08 Å². The number of ether oxygens (including phenoxy) is 2. The summed E-state index contributed by atoms with van der Waals surface area (Å²) < 4.78 is 10.9. The third-order valence-corrected chi connectivity index (χ3v) is 5.34. The molecule has 164 valence electrons. The third-order valence-electron chi connectivity index (χ3n) is 5.34. The van der Waals surface area contributed by atoms with Gasteiger partial charge in [-0.1, -0.05) is 32.1 Å². The lowest BCUT2D eigenvalue weighted by Gasteiger charge is -2.32. The Morgan fingerprint density at radius 2 is 2.00 bits per heavy atom. The molecule has 1 saturated heterocycles. The summed E-state index contributed by atoms with van der Waals surface area (Å²) in [7, 11) is 3.46. The number of nitrogens with zero attached hydrogens (tertiary/aromatic N) is 2. The fourth-order valence-corrected chi connectivity index (χ4v) is 3.49. The average Bonchev–Trinajstić information content (AvgIpc) is 2.79. The minimum atomic E-state index is -0.0359. The zero-order valence-electron chi connectivity index (χ0n) is 18.4. The molecule has 1 aliphatic rings. The fraction of sp³-hybridized carbons (Fsp3) is 0.500. The maximum absolute atomic E-state index is 12.6. The molecule has 6 heteroatoms. The Morgan fingerprint density at radius 3 is 2.63 bits per heavy atom. The first-order valence-electron chi connectivity index (χ1n) is 10.6. The lowest BCUT2D eigenvalue weighted by molar-refractivity contribution is -0.138. The summed E-state index contributed by atoms with van der Waals surface area (Å²) in [6.45, 7) is 8.18. The number of rotatable bonds is 10. The second-order valence-corrected chi connectivity index (χ2v) is 7.56. The SMILES string of the molecule is C=CCOc1ccc(/C=C/C(=O)N2CCC(C(=O)N(C)CCCC)CC2)cc1OC. The van der Waals surface area contributed by atoms with E-state index in [1.165, 1.54) is 0 Å². The zero-order chi connectivity index (χ0) is 21.9. The molecule has 0 atom stereocenters. The lowest BCUT2D eigenvalue weighted by atomic mass is 9.95. The van der Waals surface area contributed by atoms with Crippen molar-refractivity contribution >= 4 is 17.9 Å². The molecule has 0 saturated carbocycles. The number of benzene rings is 1. The molecule has 6 nitrogen and oxygen atoms in total. The second kappa shape index (κ2) is 12.1. The van der Waals surface area contributed by atoms with E-state index in [1.54, 1.807) is 25.3 Å². The van der Waals surface area contributed by atoms with E-state index in [0.29, 0.717) is 31.2 Å². The monoisotopic (exact) mass is 414 g/mol. The van der Waals surface area contributed by atoms with Crippen LogP contribution in [0.1, 0.15) is 38.2 Å². The molecule has 0 aliphatic carbocycles. The van der Waals surface area contributed by atoms with E-state index in [1.807, 2.05) is 35.0 Å². The first-order valence-corrected chi connectivity index (χ1v) is 10.6. The first kappa shape index (κ1) is 23.5. The maximum Gasteiger partial charge on any atom is 0.246 e. The molecule has 0 spiro atoms. The molecule has 0 unspecified atom stereocenters. The topological polar surface area (TPSA) is 59.1 Å². The second-order valence-electron chi connectivity index (χ2n) is 7.56. The van der Waals surface area contributed by atoms with E-state index in [9.17, 15) is 9.59 Å². The van der Waals surface area contributed by atoms with Crippen LogP contribution >= 0.6 is 0 Å². The highest BCUT2D eigenvalue weighted by molar-refractivity contribution is 5.92. The number of amides is 2. The summed E-state index contributed by atoms with van der Waals surface area (Å²) in [4.78, 5) is 28.7. The van der Waals surface area contributed by atoms with Crippen molar-refractivity contribution in [2.75, 3.05) is 40.4 Å². The van der Waals surface area contributed by atoms with Gasteiger partial charge in [0.2, 0.25) is 11.8 Å². The van der Waals surface area contributed by atoms with Gasteiger partial charge < -0.3 is 19.3 Å². The summed E-state index contributed by atoms with van der Waals surface area (Å²) >= 11 is 0. The van der Waals surface area contributed by atoms with Crippen LogP contribution in [0, 0.1) is 5.92 Å². The quantitative estimate of drug-likeness (QED) is 0.432. The van der Waals surface area contributed by atoms with E-state index in [0.717, 1.165) is 37.8 Å². The van der Waals surface area contributed by atoms with Crippen LogP contribution in [0.15, 0.2) is 36.9 Å². The highest BCUT2D eigenvalue weighted by atomic mass is 16.5. The van der Waals surface area contributed by atoms with Crippen LogP contribution in [0.2, 0.25) is 0 Å². The van der Waals surface area contributed by atoms with Gasteiger partial charge in [-0.05, 0) is 43.0 Å². The number of carbonyl (C=O) groups is 2. The molecule has 0 radical (unpaired) electrons. The molecular formula is C24H34N2O4. The Labute approximate surface area is 180 Å². The number of methoxy groups -OCH3 is 1. The minimum absolute atomic E-state index is 0.0206. The molecule has 0 N–H and O–H groups in total. The summed E-state index contributed by atoms with van der Waals surface area (Å²) in [5.74, 6) is 1.44. The van der Waals surface area contributed by atoms with Gasteiger partial charge in [0.05, 0.1) is 7.11 Å². The van der Waals surface area contributed by atoms with Gasteiger partial charge in [-0.15, -0.1) is 0 Å². The van der Waals surface area contributed by atoms with Crippen molar-refractivity contribution in [3.05, 3.63) is 42.5 Å². The van der Waals surface area contributed by atoms with Gasteiger partial charge in [-0.25, -0.2) is 0 Å². The number of unbranched alkanes of at least 4 members (excludes halogenated alkanes) is 1. The molecule has 2 amide bonds. The van der Waals surface area contributed by atoms with E-state index < -0.39 is 0 Å². The zero-order valence-corrected chi connectivity index (χ0v) is 18.4. The molecular weight excluding hydrogens is 380 g/mol. The summed E-state index contributed by atoms with van der Waals surface area (Å²) in [6, 6.07) is 5.53. The van der Waals surface area contributed by atoms with Crippen molar-refractivity contribution in [1.29, 1.82) is 0 Å². The van der Waals surface area contributed by atoms with Gasteiger partial charge in [0, 0.05) is 38.7 Å². The van der Waals surface area contributed by atoms with Crippen LogP contribution in [-0.2, 0) is 9.59 Å². The summed E-state index contributed by atoms with van der Waals surface area (Å²) in [5, 5.41) is 0. The normalized spacial score (nSPS) is 14.6. The predicted octanol–water partition coefficient (Wildman–Crippen LogP) is 3.77. The number of likely N-dealkylation sites (tertiary alicyclic amines) is 1. The van der Waals surface area contributed by atoms with E-state index in [2.05, 4.69) is 13.5 Å². The van der Waals surface area contributed by atoms with Gasteiger partial charge in [-0.3, -0.25) is 9.59 Å². The van der Waals surface area contributed by atoms with Crippen LogP contribution in [0.5, 0.6) is 11.5 Å². The van der Waals surface area contributed by atoms with Crippen molar-refractivity contribution in [1.82, 2.24) is 9.80 Å². The van der Waals surface area contributed by atoms with E-state index in [4.69, 9.17) is 9.47 Å². The van der Waals surface area contributed by atoms with Crippen molar-refractivity contribution < 1.29 is 19.1 Å². The molecule has 0 bridgehead atoms. The smallest absolute Gasteiger partial charge is 0.246 e. The molecule has 2 rings (SSSR count). The van der Waals surface area contributed by atoms with Gasteiger partial charge in [0.25, 0.3) is 0 Å². The van der Waals surface area contributed by atoms with Crippen molar-refractivity contribution in [2.24, 2.45) is 5.92 Å². The van der Waals surface area contributed by atoms with Crippen molar-refractivity contribution in [3.63, 3.8) is 0 Å². The Balaban J connectivity index is 1.89. The van der Waals surface area contributed by atoms with Crippen LogP contribution in [-0.4, -0.2) is 62.0 Å². The third kappa shape index (κ3) is 6.65. The van der Waals surface area contributed by atoms with Crippen LogP contribution in [0.3, 0.4) is 0 Å². The molecule has 1 aromatic rings. The van der Waals surface area contributed by atoms with Gasteiger partial charge >= 0.3 is 0 Å². The fourth-order valence-electron chi connectivity index (χ4n) is 3.49. The molecule has 1 aliphatic heterocycles. The summed E-state index contributed by atoms with van der Waals surface area (Å²) in [6.07, 6.45) is 8.57. The van der Waals surface area contributed by atoms with Crippen LogP contribution < -0.4 is 9.47 Å². The maximum atomic E-state index is 12.6. The molecule has 30 heavy (non-hydrogen) atoms. The number of hydrogen-bond donors (Lipinski definition) is 0. The largest absolute Gasteiger partial charge is 0.493 e. The molecule has 1 heterocycles. The minimum Gasteiger partial charge on any atom is -0.493 e. The first-order chi connectivity index (χ1) is 14.5. The Kier molecular flexibility index (Phi) is 9.45. The summed E-state index contributed by atoms with van der Waals surface area (Å²) in [5.41, 5.74) is 0.855. The van der Waals surface area contributed by atoms with Crippen molar-refractivity contribution in [2.45, 2.75) is 32.6 Å². The number of piperidine rings is 1. The molecule has 1 aromatic carbocycles. The van der Waals surface area contributed by atoms with Gasteiger partial charge in [-0.2, -0.15) is 0 Å². The molecule has 1 fully saturated rings. The highest BCUT2D eigenvalue weighted by Crippen LogP contribution is 2.28. The Hall–Kier alpha value is -2.76. The predicted molar refractivity (Wildman–Crippen MR) is 120 cm³/mol. The average molecular weight is 415 g/mol. The number of hydrogen-bond acceptors (Lipinski definition) is 4. The Bertz CT molecular complexity index is 752. The highest BCUT2D eigenvalue weighted by Gasteiger charge is 2.28. The van der Waals surface area contributed by atoms with Crippen molar-refractivity contribution in [3.8, 4) is 11.5 Å². The van der Waals surface area contributed by atoms with Crippen LogP contribution in [0.4, 0.5) is 0 Å². The lowest BCUT2D eigenvalue weighted by Crippen LogP contribution is -2.43. The van der Waals surface area contributed by atoms with E-state index in [-0.39, 0.29) is 17.7 Å². The molecule has 0 aromatic heterocycles.